The zero-order valence-electron chi connectivity index (χ0n) is 14.1. The van der Waals surface area contributed by atoms with Crippen molar-refractivity contribution in [2.24, 2.45) is 5.92 Å². The number of hydrogen-bond acceptors (Lipinski definition) is 6. The van der Waals surface area contributed by atoms with Crippen LogP contribution in [0.15, 0.2) is 18.2 Å². The molecular weight excluding hydrogens is 376 g/mol. The van der Waals surface area contributed by atoms with E-state index in [1.165, 1.54) is 18.4 Å². The van der Waals surface area contributed by atoms with Gasteiger partial charge >= 0.3 is 0 Å². The van der Waals surface area contributed by atoms with Crippen molar-refractivity contribution in [3.63, 3.8) is 0 Å². The van der Waals surface area contributed by atoms with Crippen LogP contribution >= 0.6 is 22.9 Å². The second-order valence-corrected chi connectivity index (χ2v) is 7.88. The topological polar surface area (TPSA) is 84.4 Å². The van der Waals surface area contributed by atoms with Crippen LogP contribution in [0.5, 0.6) is 5.75 Å². The first kappa shape index (κ1) is 17.2. The van der Waals surface area contributed by atoms with Crippen molar-refractivity contribution in [2.45, 2.75) is 25.2 Å². The number of ether oxygens (including phenoxy) is 1. The third kappa shape index (κ3) is 3.39. The van der Waals surface area contributed by atoms with Crippen molar-refractivity contribution in [3.8, 4) is 5.75 Å². The molecule has 9 heteroatoms. The second kappa shape index (κ2) is 6.85. The normalized spacial score (nSPS) is 19.7. The molecule has 2 fully saturated rings. The molecule has 2 amide bonds. The Kier molecular flexibility index (Phi) is 4.54. The Bertz CT molecular complexity index is 867. The molecule has 136 valence electrons. The van der Waals surface area contributed by atoms with E-state index in [2.05, 4.69) is 15.5 Å². The van der Waals surface area contributed by atoms with Crippen LogP contribution in [0.3, 0.4) is 0 Å². The van der Waals surface area contributed by atoms with Gasteiger partial charge in [-0.1, -0.05) is 22.9 Å². The number of benzene rings is 1. The maximum absolute atomic E-state index is 12.5. The third-order valence-corrected chi connectivity index (χ3v) is 5.76. The third-order valence-electron chi connectivity index (χ3n) is 4.52. The Labute approximate surface area is 159 Å². The number of methoxy groups -OCH3 is 1. The minimum absolute atomic E-state index is 0.135. The maximum atomic E-state index is 12.5. The van der Waals surface area contributed by atoms with Crippen LogP contribution < -0.4 is 15.0 Å². The largest absolute Gasteiger partial charge is 0.495 e. The summed E-state index contributed by atoms with van der Waals surface area (Å²) in [5.74, 6) is 0.223. The van der Waals surface area contributed by atoms with Crippen LogP contribution in [-0.2, 0) is 9.59 Å². The van der Waals surface area contributed by atoms with E-state index in [0.29, 0.717) is 27.5 Å². The lowest BCUT2D eigenvalue weighted by Crippen LogP contribution is -2.28. The molecule has 1 aliphatic heterocycles. The van der Waals surface area contributed by atoms with Gasteiger partial charge in [0.15, 0.2) is 0 Å². The molecule has 1 aromatic heterocycles. The maximum Gasteiger partial charge on any atom is 0.231 e. The van der Waals surface area contributed by atoms with Gasteiger partial charge in [0.05, 0.1) is 18.7 Å². The molecular formula is C17H17ClN4O3S. The molecule has 7 nitrogen and oxygen atoms in total. The number of halogens is 1. The van der Waals surface area contributed by atoms with E-state index in [1.807, 2.05) is 0 Å². The van der Waals surface area contributed by atoms with Crippen molar-refractivity contribution in [1.29, 1.82) is 0 Å². The van der Waals surface area contributed by atoms with Gasteiger partial charge in [-0.15, -0.1) is 10.2 Å². The highest BCUT2D eigenvalue weighted by Crippen LogP contribution is 2.42. The van der Waals surface area contributed by atoms with Gasteiger partial charge in [-0.2, -0.15) is 0 Å². The lowest BCUT2D eigenvalue weighted by atomic mass is 10.1. The van der Waals surface area contributed by atoms with Crippen LogP contribution in [0.25, 0.3) is 0 Å². The summed E-state index contributed by atoms with van der Waals surface area (Å²) in [6.45, 7) is 0.273. The summed E-state index contributed by atoms with van der Waals surface area (Å²) in [5.41, 5.74) is 0.576. The second-order valence-electron chi connectivity index (χ2n) is 6.43. The molecule has 0 unspecified atom stereocenters. The van der Waals surface area contributed by atoms with Gasteiger partial charge in [-0.3, -0.25) is 9.59 Å². The average molecular weight is 393 g/mol. The number of nitrogens with one attached hydrogen (secondary N) is 1. The molecule has 26 heavy (non-hydrogen) atoms. The fourth-order valence-corrected chi connectivity index (χ4v) is 4.06. The molecule has 2 aliphatic rings. The Hall–Kier alpha value is -2.19. The van der Waals surface area contributed by atoms with E-state index in [0.717, 1.165) is 17.8 Å². The summed E-state index contributed by atoms with van der Waals surface area (Å²) >= 11 is 7.46. The number of carbonyl (C=O) groups is 2. The number of hydrogen-bond donors (Lipinski definition) is 1. The SMILES string of the molecule is COc1ccc(Cl)cc1N1C[C@@H](C(=O)Nc2nnc(C3CC3)s2)CC1=O. The average Bonchev–Trinajstić information content (AvgIpc) is 3.25. The van der Waals surface area contributed by atoms with Gasteiger partial charge in [-0.25, -0.2) is 0 Å². The predicted molar refractivity (Wildman–Crippen MR) is 99.0 cm³/mol. The number of rotatable bonds is 5. The van der Waals surface area contributed by atoms with Crippen LogP contribution in [0.1, 0.15) is 30.2 Å². The van der Waals surface area contributed by atoms with Crippen LogP contribution in [0.4, 0.5) is 10.8 Å². The highest BCUT2D eigenvalue weighted by Gasteiger charge is 2.37. The number of amides is 2. The van der Waals surface area contributed by atoms with E-state index >= 15 is 0 Å². The zero-order valence-corrected chi connectivity index (χ0v) is 15.6. The van der Waals surface area contributed by atoms with Gasteiger partial charge in [0, 0.05) is 23.9 Å². The smallest absolute Gasteiger partial charge is 0.231 e. The molecule has 2 aromatic rings. The minimum Gasteiger partial charge on any atom is -0.495 e. The first-order chi connectivity index (χ1) is 12.5. The van der Waals surface area contributed by atoms with Gasteiger partial charge in [0.25, 0.3) is 0 Å². The Morgan fingerprint density at radius 2 is 2.19 bits per heavy atom. The minimum atomic E-state index is -0.459. The van der Waals surface area contributed by atoms with E-state index in [4.69, 9.17) is 16.3 Å². The Balaban J connectivity index is 1.46. The first-order valence-corrected chi connectivity index (χ1v) is 9.52. The molecule has 0 spiro atoms. The van der Waals surface area contributed by atoms with Crippen molar-refractivity contribution in [2.75, 3.05) is 23.9 Å². The van der Waals surface area contributed by atoms with E-state index in [-0.39, 0.29) is 24.8 Å². The molecule has 0 radical (unpaired) electrons. The van der Waals surface area contributed by atoms with Crippen molar-refractivity contribution >= 4 is 45.6 Å². The predicted octanol–water partition coefficient (Wildman–Crippen LogP) is 3.07. The lowest BCUT2D eigenvalue weighted by molar-refractivity contribution is -0.122. The molecule has 1 aliphatic carbocycles. The fourth-order valence-electron chi connectivity index (χ4n) is 2.98. The van der Waals surface area contributed by atoms with Gasteiger partial charge in [0.2, 0.25) is 16.9 Å². The van der Waals surface area contributed by atoms with E-state index in [9.17, 15) is 9.59 Å². The first-order valence-electron chi connectivity index (χ1n) is 8.33. The Morgan fingerprint density at radius 1 is 1.38 bits per heavy atom. The molecule has 1 N–H and O–H groups in total. The Morgan fingerprint density at radius 3 is 2.92 bits per heavy atom. The summed E-state index contributed by atoms with van der Waals surface area (Å²) < 4.78 is 5.31. The quantitative estimate of drug-likeness (QED) is 0.845. The zero-order chi connectivity index (χ0) is 18.3. The fraction of sp³-hybridized carbons (Fsp3) is 0.412. The molecule has 0 bridgehead atoms. The lowest BCUT2D eigenvalue weighted by Gasteiger charge is -2.19. The molecule has 1 saturated carbocycles. The number of nitrogens with zero attached hydrogens (tertiary/aromatic N) is 3. The van der Waals surface area contributed by atoms with E-state index in [1.54, 1.807) is 23.1 Å². The molecule has 4 rings (SSSR count). The number of aromatic nitrogens is 2. The highest BCUT2D eigenvalue weighted by molar-refractivity contribution is 7.15. The molecule has 2 heterocycles. The van der Waals surface area contributed by atoms with Gasteiger partial charge in [0.1, 0.15) is 10.8 Å². The van der Waals surface area contributed by atoms with Gasteiger partial charge in [-0.05, 0) is 31.0 Å². The molecule has 1 atom stereocenters. The summed E-state index contributed by atoms with van der Waals surface area (Å²) in [7, 11) is 1.53. The van der Waals surface area contributed by atoms with Crippen molar-refractivity contribution < 1.29 is 14.3 Å². The monoisotopic (exact) mass is 392 g/mol. The van der Waals surface area contributed by atoms with E-state index < -0.39 is 5.92 Å². The summed E-state index contributed by atoms with van der Waals surface area (Å²) in [4.78, 5) is 26.5. The van der Waals surface area contributed by atoms with Gasteiger partial charge < -0.3 is 15.0 Å². The molecule has 1 saturated heterocycles. The van der Waals surface area contributed by atoms with Crippen LogP contribution in [0, 0.1) is 5.92 Å². The highest BCUT2D eigenvalue weighted by atomic mass is 35.5. The summed E-state index contributed by atoms with van der Waals surface area (Å²) in [6.07, 6.45) is 2.40. The van der Waals surface area contributed by atoms with Crippen molar-refractivity contribution in [3.05, 3.63) is 28.2 Å². The summed E-state index contributed by atoms with van der Waals surface area (Å²) in [6, 6.07) is 5.08. The standard InChI is InChI=1S/C17H17ClN4O3S/c1-25-13-5-4-11(18)7-12(13)22-8-10(6-14(22)23)15(24)19-17-21-20-16(26-17)9-2-3-9/h4-5,7,9-10H,2-3,6,8H2,1H3,(H,19,21,24)/t10-/m0/s1. The van der Waals surface area contributed by atoms with Crippen molar-refractivity contribution in [1.82, 2.24) is 10.2 Å². The van der Waals surface area contributed by atoms with Crippen LogP contribution in [-0.4, -0.2) is 35.7 Å². The number of anilines is 2. The van der Waals surface area contributed by atoms with Crippen LogP contribution in [0.2, 0.25) is 5.02 Å². The number of carbonyl (C=O) groups excluding carboxylic acids is 2. The molecule has 1 aromatic carbocycles. The summed E-state index contributed by atoms with van der Waals surface area (Å²) in [5, 5.41) is 12.9.